The summed E-state index contributed by atoms with van der Waals surface area (Å²) in [6, 6.07) is -0.139. The molecule has 1 amide bonds. The van der Waals surface area contributed by atoms with Crippen molar-refractivity contribution in [2.45, 2.75) is 39.7 Å². The van der Waals surface area contributed by atoms with Gasteiger partial charge in [0, 0.05) is 45.2 Å². The fourth-order valence-corrected chi connectivity index (χ4v) is 2.10. The normalized spacial score (nSPS) is 18.9. The van der Waals surface area contributed by atoms with E-state index >= 15 is 0 Å². The molecule has 1 atom stereocenters. The fraction of sp³-hybridized carbons (Fsp3) is 0.857. The second-order valence-corrected chi connectivity index (χ2v) is 6.54. The molecule has 6 heteroatoms. The summed E-state index contributed by atoms with van der Waals surface area (Å²) in [5.41, 5.74) is 5.97. The molecule has 6 nitrogen and oxygen atoms in total. The number of amides is 1. The van der Waals surface area contributed by atoms with Crippen molar-refractivity contribution in [2.75, 3.05) is 32.7 Å². The maximum atomic E-state index is 12.2. The van der Waals surface area contributed by atoms with Gasteiger partial charge in [0.05, 0.1) is 6.42 Å². The van der Waals surface area contributed by atoms with Crippen LogP contribution in [-0.2, 0) is 9.59 Å². The molecule has 0 aromatic heterocycles. The number of carboxylic acids is 1. The summed E-state index contributed by atoms with van der Waals surface area (Å²) in [5.74, 6) is -0.676. The summed E-state index contributed by atoms with van der Waals surface area (Å²) < 4.78 is 0. The van der Waals surface area contributed by atoms with Gasteiger partial charge in [-0.25, -0.2) is 0 Å². The Hall–Kier alpha value is -1.14. The number of hydrogen-bond donors (Lipinski definition) is 2. The van der Waals surface area contributed by atoms with Crippen molar-refractivity contribution in [3.63, 3.8) is 0 Å². The van der Waals surface area contributed by atoms with Crippen molar-refractivity contribution in [3.8, 4) is 0 Å². The van der Waals surface area contributed by atoms with E-state index in [-0.39, 0.29) is 23.8 Å². The Kier molecular flexibility index (Phi) is 5.95. The van der Waals surface area contributed by atoms with E-state index in [9.17, 15) is 9.59 Å². The summed E-state index contributed by atoms with van der Waals surface area (Å²) >= 11 is 0. The van der Waals surface area contributed by atoms with Crippen molar-refractivity contribution >= 4 is 11.9 Å². The van der Waals surface area contributed by atoms with Crippen molar-refractivity contribution in [3.05, 3.63) is 0 Å². The predicted octanol–water partition coefficient (Wildman–Crippen LogP) is 0.369. The molecule has 1 rings (SSSR count). The van der Waals surface area contributed by atoms with E-state index < -0.39 is 5.97 Å². The monoisotopic (exact) mass is 285 g/mol. The smallest absolute Gasteiger partial charge is 0.304 e. The standard InChI is InChI=1S/C14H27N3O3/c1-14(2,3)11(15)10-12(18)17-8-6-16(7-9-17)5-4-13(19)20/h11H,4-10,15H2,1-3H3,(H,19,20). The van der Waals surface area contributed by atoms with E-state index in [0.717, 1.165) is 13.1 Å². The molecule has 1 aliphatic rings. The molecule has 0 aromatic carbocycles. The highest BCUT2D eigenvalue weighted by Gasteiger charge is 2.27. The predicted molar refractivity (Wildman–Crippen MR) is 77.3 cm³/mol. The summed E-state index contributed by atoms with van der Waals surface area (Å²) in [7, 11) is 0. The summed E-state index contributed by atoms with van der Waals surface area (Å²) in [4.78, 5) is 26.6. The Morgan fingerprint density at radius 1 is 1.20 bits per heavy atom. The maximum absolute atomic E-state index is 12.2. The minimum atomic E-state index is -0.778. The second-order valence-electron chi connectivity index (χ2n) is 6.54. The third-order valence-electron chi connectivity index (χ3n) is 3.87. The number of nitrogens with zero attached hydrogens (tertiary/aromatic N) is 2. The van der Waals surface area contributed by atoms with E-state index in [1.165, 1.54) is 0 Å². The van der Waals surface area contributed by atoms with E-state index in [4.69, 9.17) is 10.8 Å². The molecule has 0 aliphatic carbocycles. The molecule has 20 heavy (non-hydrogen) atoms. The van der Waals surface area contributed by atoms with E-state index in [2.05, 4.69) is 4.90 Å². The van der Waals surface area contributed by atoms with E-state index in [1.807, 2.05) is 25.7 Å². The van der Waals surface area contributed by atoms with Crippen molar-refractivity contribution in [1.29, 1.82) is 0 Å². The Labute approximate surface area is 120 Å². The number of hydrogen-bond acceptors (Lipinski definition) is 4. The fourth-order valence-electron chi connectivity index (χ4n) is 2.10. The first kappa shape index (κ1) is 16.9. The summed E-state index contributed by atoms with van der Waals surface area (Å²) in [5, 5.41) is 8.65. The van der Waals surface area contributed by atoms with Gasteiger partial charge in [0.1, 0.15) is 0 Å². The molecule has 0 saturated carbocycles. The maximum Gasteiger partial charge on any atom is 0.304 e. The number of carbonyl (C=O) groups excluding carboxylic acids is 1. The average molecular weight is 285 g/mol. The lowest BCUT2D eigenvalue weighted by Gasteiger charge is -2.36. The molecule has 0 spiro atoms. The lowest BCUT2D eigenvalue weighted by Crippen LogP contribution is -2.50. The number of carbonyl (C=O) groups is 2. The number of nitrogens with two attached hydrogens (primary N) is 1. The van der Waals surface area contributed by atoms with Crippen molar-refractivity contribution < 1.29 is 14.7 Å². The molecular formula is C14H27N3O3. The molecule has 116 valence electrons. The van der Waals surface area contributed by atoms with Gasteiger partial charge in [0.2, 0.25) is 5.91 Å². The van der Waals surface area contributed by atoms with Crippen LogP contribution in [0.5, 0.6) is 0 Å². The first-order valence-corrected chi connectivity index (χ1v) is 7.17. The lowest BCUT2D eigenvalue weighted by molar-refractivity contribution is -0.138. The molecule has 1 heterocycles. The zero-order valence-electron chi connectivity index (χ0n) is 12.8. The number of aliphatic carboxylic acids is 1. The molecule has 1 fully saturated rings. The van der Waals surface area contributed by atoms with Crippen LogP contribution in [-0.4, -0.2) is 65.5 Å². The Morgan fingerprint density at radius 2 is 1.75 bits per heavy atom. The highest BCUT2D eigenvalue weighted by molar-refractivity contribution is 5.77. The van der Waals surface area contributed by atoms with Crippen LogP contribution >= 0.6 is 0 Å². The minimum Gasteiger partial charge on any atom is -0.481 e. The van der Waals surface area contributed by atoms with Gasteiger partial charge in [-0.05, 0) is 5.41 Å². The molecule has 0 bridgehead atoms. The molecule has 1 unspecified atom stereocenters. The largest absolute Gasteiger partial charge is 0.481 e. The van der Waals surface area contributed by atoms with Gasteiger partial charge < -0.3 is 15.7 Å². The van der Waals surface area contributed by atoms with Crippen LogP contribution in [0.4, 0.5) is 0 Å². The SMILES string of the molecule is CC(C)(C)C(N)CC(=O)N1CCN(CCC(=O)O)CC1. The number of carboxylic acid groups (broad SMARTS) is 1. The first-order chi connectivity index (χ1) is 9.20. The average Bonchev–Trinajstić information content (AvgIpc) is 2.35. The van der Waals surface area contributed by atoms with Gasteiger partial charge in [-0.15, -0.1) is 0 Å². The van der Waals surface area contributed by atoms with Crippen molar-refractivity contribution in [2.24, 2.45) is 11.1 Å². The quantitative estimate of drug-likeness (QED) is 0.762. The van der Waals surface area contributed by atoms with Crippen molar-refractivity contribution in [1.82, 2.24) is 9.80 Å². The van der Waals surface area contributed by atoms with Gasteiger partial charge in [-0.3, -0.25) is 14.5 Å². The summed E-state index contributed by atoms with van der Waals surface area (Å²) in [6.07, 6.45) is 0.529. The Morgan fingerprint density at radius 3 is 2.20 bits per heavy atom. The Balaban J connectivity index is 2.34. The number of piperazine rings is 1. The molecule has 1 aliphatic heterocycles. The second kappa shape index (κ2) is 7.04. The molecule has 3 N–H and O–H groups in total. The number of rotatable bonds is 5. The van der Waals surface area contributed by atoms with E-state index in [1.54, 1.807) is 0 Å². The van der Waals surface area contributed by atoms with Gasteiger partial charge in [0.25, 0.3) is 0 Å². The van der Waals surface area contributed by atoms with Crippen LogP contribution in [0.1, 0.15) is 33.6 Å². The summed E-state index contributed by atoms with van der Waals surface area (Å²) in [6.45, 7) is 9.47. The third-order valence-corrected chi connectivity index (χ3v) is 3.87. The zero-order valence-corrected chi connectivity index (χ0v) is 12.8. The third kappa shape index (κ3) is 5.46. The van der Waals surface area contributed by atoms with Gasteiger partial charge in [0.15, 0.2) is 0 Å². The molecule has 0 radical (unpaired) electrons. The Bertz CT molecular complexity index is 344. The molecular weight excluding hydrogens is 258 g/mol. The molecule has 0 aromatic rings. The zero-order chi connectivity index (χ0) is 15.3. The molecule has 1 saturated heterocycles. The van der Waals surface area contributed by atoms with Crippen LogP contribution in [0.2, 0.25) is 0 Å². The first-order valence-electron chi connectivity index (χ1n) is 7.17. The van der Waals surface area contributed by atoms with Gasteiger partial charge in [-0.2, -0.15) is 0 Å². The van der Waals surface area contributed by atoms with Crippen LogP contribution < -0.4 is 5.73 Å². The highest BCUT2D eigenvalue weighted by atomic mass is 16.4. The minimum absolute atomic E-state index is 0.0705. The highest BCUT2D eigenvalue weighted by Crippen LogP contribution is 2.20. The van der Waals surface area contributed by atoms with Crippen LogP contribution in [0.3, 0.4) is 0 Å². The van der Waals surface area contributed by atoms with E-state index in [0.29, 0.717) is 26.1 Å². The van der Waals surface area contributed by atoms with Crippen LogP contribution in [0.25, 0.3) is 0 Å². The van der Waals surface area contributed by atoms with Gasteiger partial charge >= 0.3 is 5.97 Å². The lowest BCUT2D eigenvalue weighted by atomic mass is 9.85. The van der Waals surface area contributed by atoms with Crippen LogP contribution in [0, 0.1) is 5.41 Å². The van der Waals surface area contributed by atoms with Gasteiger partial charge in [-0.1, -0.05) is 20.8 Å². The topological polar surface area (TPSA) is 86.9 Å². The van der Waals surface area contributed by atoms with Crippen LogP contribution in [0.15, 0.2) is 0 Å².